The van der Waals surface area contributed by atoms with Crippen molar-refractivity contribution in [2.75, 3.05) is 12.4 Å². The highest BCUT2D eigenvalue weighted by Gasteiger charge is 2.15. The molecule has 0 heterocycles. The molecule has 0 amide bonds. The van der Waals surface area contributed by atoms with E-state index >= 15 is 0 Å². The number of nitro benzene ring substituents is 1. The van der Waals surface area contributed by atoms with E-state index in [4.69, 9.17) is 4.74 Å². The van der Waals surface area contributed by atoms with Gasteiger partial charge >= 0.3 is 5.69 Å². The first-order valence-electron chi connectivity index (χ1n) is 6.32. The lowest BCUT2D eigenvalue weighted by molar-refractivity contribution is -0.385. The summed E-state index contributed by atoms with van der Waals surface area (Å²) < 4.78 is 18.5. The van der Waals surface area contributed by atoms with E-state index in [1.165, 1.54) is 25.3 Å². The largest absolute Gasteiger partial charge is 0.490 e. The molecule has 0 bridgehead atoms. The molecule has 2 rings (SSSR count). The van der Waals surface area contributed by atoms with E-state index in [1.54, 1.807) is 18.2 Å². The van der Waals surface area contributed by atoms with Crippen molar-refractivity contribution in [2.24, 2.45) is 0 Å². The topological polar surface area (TPSA) is 64.4 Å². The number of methoxy groups -OCH3 is 1. The Morgan fingerprint density at radius 2 is 2.05 bits per heavy atom. The minimum atomic E-state index is -0.504. The van der Waals surface area contributed by atoms with Crippen molar-refractivity contribution >= 4 is 11.4 Å². The summed E-state index contributed by atoms with van der Waals surface area (Å²) in [7, 11) is 1.38. The molecule has 0 aliphatic rings. The van der Waals surface area contributed by atoms with Gasteiger partial charge in [-0.1, -0.05) is 12.1 Å². The summed E-state index contributed by atoms with van der Waals surface area (Å²) in [6.07, 6.45) is 0. The highest BCUT2D eigenvalue weighted by molar-refractivity contribution is 5.51. The van der Waals surface area contributed by atoms with Crippen LogP contribution in [0.5, 0.6) is 5.75 Å². The molecule has 0 saturated carbocycles. The van der Waals surface area contributed by atoms with Crippen molar-refractivity contribution in [3.8, 4) is 5.75 Å². The van der Waals surface area contributed by atoms with Gasteiger partial charge in [-0.2, -0.15) is 0 Å². The standard InChI is InChI=1S/C15H15FN2O3/c1-10-3-5-12(16)13(7-10)17-9-11-4-6-15(21-2)14(8-11)18(19)20/h3-8,17H,9H2,1-2H3. The van der Waals surface area contributed by atoms with Gasteiger partial charge in [0.05, 0.1) is 17.7 Å². The molecule has 0 aromatic heterocycles. The van der Waals surface area contributed by atoms with Crippen molar-refractivity contribution in [1.82, 2.24) is 0 Å². The molecule has 2 aromatic rings. The van der Waals surface area contributed by atoms with Gasteiger partial charge in [0, 0.05) is 12.6 Å². The predicted octanol–water partition coefficient (Wildman–Crippen LogP) is 3.66. The number of aryl methyl sites for hydroxylation is 1. The molecule has 5 nitrogen and oxygen atoms in total. The first-order valence-corrected chi connectivity index (χ1v) is 6.32. The highest BCUT2D eigenvalue weighted by atomic mass is 19.1. The van der Waals surface area contributed by atoms with Gasteiger partial charge in [-0.3, -0.25) is 10.1 Å². The Morgan fingerprint density at radius 1 is 1.29 bits per heavy atom. The monoisotopic (exact) mass is 290 g/mol. The predicted molar refractivity (Wildman–Crippen MR) is 78.1 cm³/mol. The van der Waals surface area contributed by atoms with Crippen LogP contribution in [0.3, 0.4) is 0 Å². The molecule has 0 aliphatic heterocycles. The fourth-order valence-corrected chi connectivity index (χ4v) is 1.96. The third kappa shape index (κ3) is 3.47. The maximum atomic E-state index is 13.6. The minimum absolute atomic E-state index is 0.110. The van der Waals surface area contributed by atoms with Crippen LogP contribution >= 0.6 is 0 Å². The highest BCUT2D eigenvalue weighted by Crippen LogP contribution is 2.28. The van der Waals surface area contributed by atoms with Crippen LogP contribution in [-0.4, -0.2) is 12.0 Å². The molecule has 0 atom stereocenters. The number of nitrogens with one attached hydrogen (secondary N) is 1. The third-order valence-electron chi connectivity index (χ3n) is 3.04. The Morgan fingerprint density at radius 3 is 2.71 bits per heavy atom. The lowest BCUT2D eigenvalue weighted by Crippen LogP contribution is -2.03. The van der Waals surface area contributed by atoms with Crippen molar-refractivity contribution in [2.45, 2.75) is 13.5 Å². The van der Waals surface area contributed by atoms with Gasteiger partial charge in [-0.05, 0) is 36.2 Å². The Bertz CT molecular complexity index is 674. The van der Waals surface area contributed by atoms with Gasteiger partial charge in [0.2, 0.25) is 0 Å². The minimum Gasteiger partial charge on any atom is -0.490 e. The van der Waals surface area contributed by atoms with E-state index < -0.39 is 4.92 Å². The van der Waals surface area contributed by atoms with Gasteiger partial charge in [0.15, 0.2) is 5.75 Å². The molecule has 0 saturated heterocycles. The maximum Gasteiger partial charge on any atom is 0.311 e. The zero-order valence-corrected chi connectivity index (χ0v) is 11.7. The Balaban J connectivity index is 2.18. The van der Waals surface area contributed by atoms with E-state index in [1.807, 2.05) is 6.92 Å². The molecular formula is C15H15FN2O3. The first-order chi connectivity index (χ1) is 10.0. The zero-order valence-electron chi connectivity index (χ0n) is 11.7. The van der Waals surface area contributed by atoms with Crippen LogP contribution in [0.2, 0.25) is 0 Å². The average Bonchev–Trinajstić information content (AvgIpc) is 2.47. The number of rotatable bonds is 5. The molecule has 0 radical (unpaired) electrons. The van der Waals surface area contributed by atoms with E-state index in [-0.39, 0.29) is 23.8 Å². The zero-order chi connectivity index (χ0) is 15.4. The number of anilines is 1. The summed E-state index contributed by atoms with van der Waals surface area (Å²) in [5, 5.41) is 13.9. The number of hydrogen-bond acceptors (Lipinski definition) is 4. The summed E-state index contributed by atoms with van der Waals surface area (Å²) in [5.41, 5.74) is 1.86. The second-order valence-corrected chi connectivity index (χ2v) is 4.60. The van der Waals surface area contributed by atoms with Crippen molar-refractivity contribution in [1.29, 1.82) is 0 Å². The number of halogens is 1. The molecular weight excluding hydrogens is 275 g/mol. The second-order valence-electron chi connectivity index (χ2n) is 4.60. The molecule has 0 spiro atoms. The van der Waals surface area contributed by atoms with Gasteiger partial charge in [0.25, 0.3) is 0 Å². The summed E-state index contributed by atoms with van der Waals surface area (Å²) >= 11 is 0. The van der Waals surface area contributed by atoms with E-state index in [0.29, 0.717) is 11.3 Å². The first kappa shape index (κ1) is 14.8. The second kappa shape index (κ2) is 6.21. The smallest absolute Gasteiger partial charge is 0.311 e. The van der Waals surface area contributed by atoms with Crippen LogP contribution in [0.4, 0.5) is 15.8 Å². The van der Waals surface area contributed by atoms with E-state index in [2.05, 4.69) is 5.32 Å². The maximum absolute atomic E-state index is 13.6. The Hall–Kier alpha value is -2.63. The fourth-order valence-electron chi connectivity index (χ4n) is 1.96. The third-order valence-corrected chi connectivity index (χ3v) is 3.04. The Kier molecular flexibility index (Phi) is 4.37. The summed E-state index contributed by atoms with van der Waals surface area (Å²) in [4.78, 5) is 10.4. The lowest BCUT2D eigenvalue weighted by atomic mass is 10.1. The van der Waals surface area contributed by atoms with Gasteiger partial charge in [-0.25, -0.2) is 4.39 Å². The number of benzene rings is 2. The molecule has 110 valence electrons. The normalized spacial score (nSPS) is 10.2. The van der Waals surface area contributed by atoms with Crippen molar-refractivity contribution in [3.63, 3.8) is 0 Å². The molecule has 6 heteroatoms. The van der Waals surface area contributed by atoms with Gasteiger partial charge in [0.1, 0.15) is 5.82 Å². The van der Waals surface area contributed by atoms with Crippen LogP contribution in [0, 0.1) is 22.9 Å². The van der Waals surface area contributed by atoms with Crippen LogP contribution in [-0.2, 0) is 6.54 Å². The fraction of sp³-hybridized carbons (Fsp3) is 0.200. The lowest BCUT2D eigenvalue weighted by Gasteiger charge is -2.09. The number of nitrogens with zero attached hydrogens (tertiary/aromatic N) is 1. The van der Waals surface area contributed by atoms with Crippen LogP contribution in [0.25, 0.3) is 0 Å². The molecule has 2 aromatic carbocycles. The number of ether oxygens (including phenoxy) is 1. The van der Waals surface area contributed by atoms with Crippen molar-refractivity contribution in [3.05, 3.63) is 63.5 Å². The molecule has 0 fully saturated rings. The average molecular weight is 290 g/mol. The Labute approximate surface area is 121 Å². The van der Waals surface area contributed by atoms with Gasteiger partial charge < -0.3 is 10.1 Å². The molecule has 0 unspecified atom stereocenters. The number of nitro groups is 1. The van der Waals surface area contributed by atoms with Crippen LogP contribution in [0.1, 0.15) is 11.1 Å². The summed E-state index contributed by atoms with van der Waals surface area (Å²) in [6.45, 7) is 2.15. The van der Waals surface area contributed by atoms with E-state index in [9.17, 15) is 14.5 Å². The van der Waals surface area contributed by atoms with Crippen LogP contribution in [0.15, 0.2) is 36.4 Å². The molecule has 21 heavy (non-hydrogen) atoms. The quantitative estimate of drug-likeness (QED) is 0.674. The summed E-state index contributed by atoms with van der Waals surface area (Å²) in [5.74, 6) is -0.158. The van der Waals surface area contributed by atoms with Gasteiger partial charge in [-0.15, -0.1) is 0 Å². The molecule has 0 aliphatic carbocycles. The summed E-state index contributed by atoms with van der Waals surface area (Å²) in [6, 6.07) is 9.40. The van der Waals surface area contributed by atoms with Crippen molar-refractivity contribution < 1.29 is 14.1 Å². The SMILES string of the molecule is COc1ccc(CNc2cc(C)ccc2F)cc1[N+](=O)[O-]. The number of hydrogen-bond donors (Lipinski definition) is 1. The molecule has 1 N–H and O–H groups in total. The van der Waals surface area contributed by atoms with Crippen LogP contribution < -0.4 is 10.1 Å². The van der Waals surface area contributed by atoms with E-state index in [0.717, 1.165) is 5.56 Å².